The molecule has 0 spiro atoms. The summed E-state index contributed by atoms with van der Waals surface area (Å²) in [4.78, 5) is 16.8. The molecule has 2 heterocycles. The normalized spacial score (nSPS) is 10.7. The van der Waals surface area contributed by atoms with Crippen LogP contribution in [0.3, 0.4) is 0 Å². The van der Waals surface area contributed by atoms with Crippen molar-refractivity contribution in [2.75, 3.05) is 0 Å². The average molecular weight is 328 g/mol. The number of thiophene rings is 1. The van der Waals surface area contributed by atoms with Crippen molar-refractivity contribution >= 4 is 17.3 Å². The molecule has 23 heavy (non-hydrogen) atoms. The fourth-order valence-corrected chi connectivity index (χ4v) is 2.91. The molecule has 0 N–H and O–H groups in total. The van der Waals surface area contributed by atoms with E-state index in [0.717, 1.165) is 17.5 Å². The molecule has 2 aromatic heterocycles. The van der Waals surface area contributed by atoms with E-state index >= 15 is 0 Å². The summed E-state index contributed by atoms with van der Waals surface area (Å²) in [6, 6.07) is 9.85. The number of rotatable bonds is 5. The Labute approximate surface area is 137 Å². The van der Waals surface area contributed by atoms with Crippen LogP contribution in [0, 0.1) is 6.92 Å². The summed E-state index contributed by atoms with van der Waals surface area (Å²) in [7, 11) is 0. The van der Waals surface area contributed by atoms with Gasteiger partial charge in [-0.05, 0) is 35.9 Å². The Morgan fingerprint density at radius 3 is 2.70 bits per heavy atom. The molecule has 0 saturated carbocycles. The van der Waals surface area contributed by atoms with Crippen LogP contribution in [0.15, 0.2) is 40.2 Å². The van der Waals surface area contributed by atoms with Gasteiger partial charge in [0.05, 0.1) is 0 Å². The highest BCUT2D eigenvalue weighted by Gasteiger charge is 2.15. The molecule has 0 fully saturated rings. The summed E-state index contributed by atoms with van der Waals surface area (Å²) in [5, 5.41) is 5.78. The van der Waals surface area contributed by atoms with Crippen LogP contribution in [-0.2, 0) is 17.8 Å². The molecule has 0 unspecified atom stereocenters. The Balaban J connectivity index is 1.65. The van der Waals surface area contributed by atoms with Crippen molar-refractivity contribution in [1.82, 2.24) is 10.1 Å². The lowest BCUT2D eigenvalue weighted by Crippen LogP contribution is -2.04. The molecule has 0 atom stereocenters. The van der Waals surface area contributed by atoms with Crippen molar-refractivity contribution in [3.8, 4) is 11.4 Å². The van der Waals surface area contributed by atoms with E-state index in [4.69, 9.17) is 9.26 Å². The van der Waals surface area contributed by atoms with Gasteiger partial charge in [0.2, 0.25) is 5.82 Å². The third-order valence-corrected chi connectivity index (χ3v) is 4.46. The smallest absolute Gasteiger partial charge is 0.349 e. The molecule has 3 aromatic rings. The maximum absolute atomic E-state index is 11.9. The molecule has 1 aromatic carbocycles. The Kier molecular flexibility index (Phi) is 4.52. The van der Waals surface area contributed by atoms with Gasteiger partial charge >= 0.3 is 5.97 Å². The van der Waals surface area contributed by atoms with Crippen LogP contribution in [0.1, 0.15) is 33.6 Å². The SMILES string of the molecule is CCc1ccc(-c2noc(COC(=O)c3sccc3C)n2)cc1. The largest absolute Gasteiger partial charge is 0.451 e. The van der Waals surface area contributed by atoms with Crippen LogP contribution in [0.25, 0.3) is 11.4 Å². The zero-order valence-electron chi connectivity index (χ0n) is 12.9. The molecule has 0 saturated heterocycles. The highest BCUT2D eigenvalue weighted by atomic mass is 32.1. The van der Waals surface area contributed by atoms with Crippen LogP contribution in [0.4, 0.5) is 0 Å². The lowest BCUT2D eigenvalue weighted by Gasteiger charge is -2.00. The number of ether oxygens (including phenoxy) is 1. The summed E-state index contributed by atoms with van der Waals surface area (Å²) >= 11 is 1.36. The minimum atomic E-state index is -0.371. The molecule has 3 rings (SSSR count). The molecule has 0 aliphatic rings. The Bertz CT molecular complexity index is 805. The van der Waals surface area contributed by atoms with E-state index in [0.29, 0.717) is 10.7 Å². The van der Waals surface area contributed by atoms with Gasteiger partial charge in [0.1, 0.15) is 4.88 Å². The summed E-state index contributed by atoms with van der Waals surface area (Å²) < 4.78 is 10.4. The molecular formula is C17H16N2O3S. The van der Waals surface area contributed by atoms with E-state index in [2.05, 4.69) is 17.1 Å². The van der Waals surface area contributed by atoms with Gasteiger partial charge in [-0.2, -0.15) is 4.98 Å². The van der Waals surface area contributed by atoms with Crippen LogP contribution in [0.5, 0.6) is 0 Å². The number of aromatic nitrogens is 2. The van der Waals surface area contributed by atoms with Crippen molar-refractivity contribution in [2.24, 2.45) is 0 Å². The molecule has 0 aliphatic carbocycles. The van der Waals surface area contributed by atoms with Crippen molar-refractivity contribution in [3.05, 3.63) is 57.6 Å². The topological polar surface area (TPSA) is 65.2 Å². The average Bonchev–Trinajstić information content (AvgIpc) is 3.22. The fourth-order valence-electron chi connectivity index (χ4n) is 2.09. The van der Waals surface area contributed by atoms with Gasteiger partial charge in [-0.25, -0.2) is 4.79 Å². The summed E-state index contributed by atoms with van der Waals surface area (Å²) in [6.07, 6.45) is 0.982. The Morgan fingerprint density at radius 1 is 1.26 bits per heavy atom. The maximum Gasteiger partial charge on any atom is 0.349 e. The van der Waals surface area contributed by atoms with Crippen LogP contribution < -0.4 is 0 Å². The van der Waals surface area contributed by atoms with Crippen molar-refractivity contribution in [2.45, 2.75) is 26.9 Å². The Hall–Kier alpha value is -2.47. The quantitative estimate of drug-likeness (QED) is 0.662. The van der Waals surface area contributed by atoms with Gasteiger partial charge in [-0.3, -0.25) is 0 Å². The highest BCUT2D eigenvalue weighted by molar-refractivity contribution is 7.12. The minimum Gasteiger partial charge on any atom is -0.451 e. The molecule has 0 bridgehead atoms. The van der Waals surface area contributed by atoms with Gasteiger partial charge in [0.25, 0.3) is 5.89 Å². The molecule has 0 aliphatic heterocycles. The number of aryl methyl sites for hydroxylation is 2. The van der Waals surface area contributed by atoms with Crippen LogP contribution in [0.2, 0.25) is 0 Å². The lowest BCUT2D eigenvalue weighted by atomic mass is 10.1. The number of nitrogens with zero attached hydrogens (tertiary/aromatic N) is 2. The number of carbonyl (C=O) groups excluding carboxylic acids is 1. The van der Waals surface area contributed by atoms with Crippen molar-refractivity contribution in [3.63, 3.8) is 0 Å². The van der Waals surface area contributed by atoms with Crippen molar-refractivity contribution in [1.29, 1.82) is 0 Å². The highest BCUT2D eigenvalue weighted by Crippen LogP contribution is 2.19. The number of esters is 1. The second-order valence-corrected chi connectivity index (χ2v) is 5.99. The summed E-state index contributed by atoms with van der Waals surface area (Å²) in [5.41, 5.74) is 3.03. The number of benzene rings is 1. The predicted molar refractivity (Wildman–Crippen MR) is 87.3 cm³/mol. The van der Waals surface area contributed by atoms with Gasteiger partial charge in [-0.15, -0.1) is 11.3 Å². The second-order valence-electron chi connectivity index (χ2n) is 5.07. The van der Waals surface area contributed by atoms with Crippen LogP contribution in [-0.4, -0.2) is 16.1 Å². The lowest BCUT2D eigenvalue weighted by molar-refractivity contribution is 0.0435. The van der Waals surface area contributed by atoms with E-state index in [1.165, 1.54) is 16.9 Å². The van der Waals surface area contributed by atoms with E-state index in [9.17, 15) is 4.79 Å². The van der Waals surface area contributed by atoms with Gasteiger partial charge < -0.3 is 9.26 Å². The van der Waals surface area contributed by atoms with Gasteiger partial charge in [0.15, 0.2) is 6.61 Å². The fraction of sp³-hybridized carbons (Fsp3) is 0.235. The van der Waals surface area contributed by atoms with Gasteiger partial charge in [-0.1, -0.05) is 36.3 Å². The summed E-state index contributed by atoms with van der Waals surface area (Å²) in [6.45, 7) is 3.94. The van der Waals surface area contributed by atoms with Crippen LogP contribution >= 0.6 is 11.3 Å². The van der Waals surface area contributed by atoms with E-state index in [1.54, 1.807) is 0 Å². The maximum atomic E-state index is 11.9. The monoisotopic (exact) mass is 328 g/mol. The first-order valence-corrected chi connectivity index (χ1v) is 8.18. The van der Waals surface area contributed by atoms with E-state index in [-0.39, 0.29) is 18.5 Å². The summed E-state index contributed by atoms with van der Waals surface area (Å²) in [5.74, 6) is 0.401. The molecular weight excluding hydrogens is 312 g/mol. The van der Waals surface area contributed by atoms with E-state index in [1.807, 2.05) is 42.6 Å². The zero-order chi connectivity index (χ0) is 16.2. The standard InChI is InChI=1S/C17H16N2O3S/c1-3-12-4-6-13(7-5-12)16-18-14(22-19-16)10-21-17(20)15-11(2)8-9-23-15/h4-9H,3,10H2,1-2H3. The van der Waals surface area contributed by atoms with E-state index < -0.39 is 0 Å². The minimum absolute atomic E-state index is 0.0315. The third-order valence-electron chi connectivity index (χ3n) is 3.46. The Morgan fingerprint density at radius 2 is 2.04 bits per heavy atom. The number of hydrogen-bond donors (Lipinski definition) is 0. The first-order valence-electron chi connectivity index (χ1n) is 7.30. The predicted octanol–water partition coefficient (Wildman–Crippen LogP) is 4.03. The van der Waals surface area contributed by atoms with Gasteiger partial charge in [0, 0.05) is 5.56 Å². The second kappa shape index (κ2) is 6.75. The molecule has 6 heteroatoms. The number of hydrogen-bond acceptors (Lipinski definition) is 6. The third kappa shape index (κ3) is 3.48. The first kappa shape index (κ1) is 15.4. The molecule has 0 amide bonds. The molecule has 5 nitrogen and oxygen atoms in total. The first-order chi connectivity index (χ1) is 11.2. The molecule has 0 radical (unpaired) electrons. The molecule has 118 valence electrons. The number of carbonyl (C=O) groups is 1. The van der Waals surface area contributed by atoms with Crippen molar-refractivity contribution < 1.29 is 14.1 Å². The zero-order valence-corrected chi connectivity index (χ0v) is 13.7.